The molecule has 1 aromatic carbocycles. The van der Waals surface area contributed by atoms with Gasteiger partial charge in [-0.25, -0.2) is 4.79 Å². The van der Waals surface area contributed by atoms with Crippen LogP contribution in [-0.2, 0) is 4.74 Å². The topological polar surface area (TPSA) is 50.1 Å². The zero-order valence-corrected chi connectivity index (χ0v) is 11.2. The molecular formula is C10H5BrF3NO2S. The Hall–Kier alpha value is -1.20. The molecule has 0 aromatic heterocycles. The van der Waals surface area contributed by atoms with Gasteiger partial charge in [0.2, 0.25) is 0 Å². The number of benzene rings is 1. The highest BCUT2D eigenvalue weighted by atomic mass is 79.9. The maximum Gasteiger partial charge on any atom is 0.446 e. The predicted molar refractivity (Wildman–Crippen MR) is 62.1 cm³/mol. The molecule has 0 heterocycles. The third kappa shape index (κ3) is 3.40. The first kappa shape index (κ1) is 14.9. The van der Waals surface area contributed by atoms with Crippen molar-refractivity contribution in [1.29, 1.82) is 5.26 Å². The van der Waals surface area contributed by atoms with Crippen LogP contribution in [0.3, 0.4) is 0 Å². The zero-order valence-electron chi connectivity index (χ0n) is 8.84. The van der Waals surface area contributed by atoms with Crippen LogP contribution in [0.1, 0.15) is 15.9 Å². The van der Waals surface area contributed by atoms with Crippen molar-refractivity contribution in [1.82, 2.24) is 0 Å². The molecule has 0 spiro atoms. The van der Waals surface area contributed by atoms with Crippen molar-refractivity contribution >= 4 is 33.7 Å². The van der Waals surface area contributed by atoms with Crippen LogP contribution in [-0.4, -0.2) is 18.6 Å². The molecule has 0 fully saturated rings. The van der Waals surface area contributed by atoms with E-state index in [2.05, 4.69) is 20.7 Å². The SMILES string of the molecule is COC(=O)c1ccc(Br)c(SC(F)(F)F)c1C#N. The number of alkyl halides is 3. The van der Waals surface area contributed by atoms with E-state index < -0.39 is 23.2 Å². The minimum absolute atomic E-state index is 0.0917. The van der Waals surface area contributed by atoms with E-state index in [1.807, 2.05) is 0 Å². The van der Waals surface area contributed by atoms with Gasteiger partial charge in [-0.1, -0.05) is 0 Å². The highest BCUT2D eigenvalue weighted by Crippen LogP contribution is 2.43. The Morgan fingerprint density at radius 3 is 2.56 bits per heavy atom. The molecule has 1 rings (SSSR count). The lowest BCUT2D eigenvalue weighted by molar-refractivity contribution is -0.0328. The van der Waals surface area contributed by atoms with E-state index in [0.29, 0.717) is 0 Å². The Morgan fingerprint density at radius 2 is 2.11 bits per heavy atom. The van der Waals surface area contributed by atoms with E-state index >= 15 is 0 Å². The average molecular weight is 340 g/mol. The molecule has 0 saturated heterocycles. The zero-order chi connectivity index (χ0) is 13.9. The second-order valence-corrected chi connectivity index (χ2v) is 4.88. The Bertz CT molecular complexity index is 525. The number of methoxy groups -OCH3 is 1. The summed E-state index contributed by atoms with van der Waals surface area (Å²) in [6, 6.07) is 4.09. The second-order valence-electron chi connectivity index (χ2n) is 2.95. The number of nitriles is 1. The van der Waals surface area contributed by atoms with Gasteiger partial charge in [0.05, 0.1) is 18.2 Å². The van der Waals surface area contributed by atoms with Crippen LogP contribution in [0.4, 0.5) is 13.2 Å². The molecule has 0 unspecified atom stereocenters. The molecule has 0 aliphatic carbocycles. The molecule has 0 bridgehead atoms. The Morgan fingerprint density at radius 1 is 1.50 bits per heavy atom. The molecule has 0 amide bonds. The number of nitrogens with zero attached hydrogens (tertiary/aromatic N) is 1. The Labute approximate surface area is 113 Å². The van der Waals surface area contributed by atoms with Crippen LogP contribution in [0.2, 0.25) is 0 Å². The lowest BCUT2D eigenvalue weighted by atomic mass is 10.1. The van der Waals surface area contributed by atoms with E-state index in [9.17, 15) is 18.0 Å². The monoisotopic (exact) mass is 339 g/mol. The third-order valence-electron chi connectivity index (χ3n) is 1.84. The van der Waals surface area contributed by atoms with E-state index in [1.165, 1.54) is 12.1 Å². The molecule has 18 heavy (non-hydrogen) atoms. The van der Waals surface area contributed by atoms with Crippen molar-refractivity contribution in [3.63, 3.8) is 0 Å². The summed E-state index contributed by atoms with van der Waals surface area (Å²) >= 11 is 2.47. The van der Waals surface area contributed by atoms with Crippen molar-refractivity contribution in [3.8, 4) is 6.07 Å². The van der Waals surface area contributed by atoms with E-state index in [0.717, 1.165) is 7.11 Å². The van der Waals surface area contributed by atoms with Gasteiger partial charge < -0.3 is 4.74 Å². The van der Waals surface area contributed by atoms with Crippen LogP contribution in [0, 0.1) is 11.3 Å². The Kier molecular flexibility index (Phi) is 4.65. The molecule has 0 aliphatic rings. The lowest BCUT2D eigenvalue weighted by Crippen LogP contribution is -2.07. The van der Waals surface area contributed by atoms with Gasteiger partial charge in [-0.3, -0.25) is 0 Å². The molecule has 0 saturated carbocycles. The third-order valence-corrected chi connectivity index (χ3v) is 3.63. The summed E-state index contributed by atoms with van der Waals surface area (Å²) < 4.78 is 41.6. The summed E-state index contributed by atoms with van der Waals surface area (Å²) in [7, 11) is 1.09. The van der Waals surface area contributed by atoms with Gasteiger partial charge >= 0.3 is 11.5 Å². The van der Waals surface area contributed by atoms with Crippen LogP contribution in [0.25, 0.3) is 0 Å². The summed E-state index contributed by atoms with van der Waals surface area (Å²) in [5.74, 6) is -0.858. The first-order chi connectivity index (χ1) is 8.30. The minimum Gasteiger partial charge on any atom is -0.465 e. The maximum absolute atomic E-state index is 12.4. The summed E-state index contributed by atoms with van der Waals surface area (Å²) in [6.45, 7) is 0. The highest BCUT2D eigenvalue weighted by molar-refractivity contribution is 9.10. The van der Waals surface area contributed by atoms with Gasteiger partial charge in [0.25, 0.3) is 0 Å². The standard InChI is InChI=1S/C10H5BrF3NO2S/c1-17-9(16)5-2-3-7(11)8(6(5)4-15)18-10(12,13)14/h2-3H,1H3. The summed E-state index contributed by atoms with van der Waals surface area (Å²) in [6.07, 6.45) is 0. The normalized spacial score (nSPS) is 10.9. The number of halogens is 4. The number of thioether (sulfide) groups is 1. The molecule has 96 valence electrons. The quantitative estimate of drug-likeness (QED) is 0.608. The fourth-order valence-electron chi connectivity index (χ4n) is 1.16. The molecule has 0 radical (unpaired) electrons. The first-order valence-electron chi connectivity index (χ1n) is 4.36. The van der Waals surface area contributed by atoms with Crippen LogP contribution in [0.15, 0.2) is 21.5 Å². The van der Waals surface area contributed by atoms with Crippen molar-refractivity contribution in [2.24, 2.45) is 0 Å². The molecule has 0 aliphatic heterocycles. The maximum atomic E-state index is 12.4. The number of hydrogen-bond donors (Lipinski definition) is 0. The van der Waals surface area contributed by atoms with Crippen LogP contribution >= 0.6 is 27.7 Å². The number of carbonyl (C=O) groups is 1. The van der Waals surface area contributed by atoms with Crippen molar-refractivity contribution < 1.29 is 22.7 Å². The van der Waals surface area contributed by atoms with Crippen LogP contribution < -0.4 is 0 Å². The van der Waals surface area contributed by atoms with Crippen molar-refractivity contribution in [3.05, 3.63) is 27.7 Å². The minimum atomic E-state index is -4.55. The molecule has 8 heteroatoms. The molecule has 1 aromatic rings. The summed E-state index contributed by atoms with van der Waals surface area (Å²) in [5, 5.41) is 8.91. The molecule has 0 atom stereocenters. The summed E-state index contributed by atoms with van der Waals surface area (Å²) in [5.41, 5.74) is -5.11. The number of hydrogen-bond acceptors (Lipinski definition) is 4. The predicted octanol–water partition coefficient (Wildman–Crippen LogP) is 3.72. The van der Waals surface area contributed by atoms with Crippen molar-refractivity contribution in [2.75, 3.05) is 7.11 Å². The van der Waals surface area contributed by atoms with Gasteiger partial charge in [0.15, 0.2) is 0 Å². The number of carbonyl (C=O) groups excluding carboxylic acids is 1. The first-order valence-corrected chi connectivity index (χ1v) is 5.97. The largest absolute Gasteiger partial charge is 0.465 e. The van der Waals surface area contributed by atoms with Gasteiger partial charge in [0, 0.05) is 9.37 Å². The van der Waals surface area contributed by atoms with E-state index in [4.69, 9.17) is 5.26 Å². The number of rotatable bonds is 2. The smallest absolute Gasteiger partial charge is 0.446 e. The van der Waals surface area contributed by atoms with E-state index in [1.54, 1.807) is 6.07 Å². The van der Waals surface area contributed by atoms with Gasteiger partial charge in [0.1, 0.15) is 6.07 Å². The highest BCUT2D eigenvalue weighted by Gasteiger charge is 2.33. The molecule has 0 N–H and O–H groups in total. The van der Waals surface area contributed by atoms with Gasteiger partial charge in [-0.05, 0) is 39.8 Å². The van der Waals surface area contributed by atoms with E-state index in [-0.39, 0.29) is 20.5 Å². The van der Waals surface area contributed by atoms with Gasteiger partial charge in [-0.2, -0.15) is 18.4 Å². The number of ether oxygens (including phenoxy) is 1. The van der Waals surface area contributed by atoms with Gasteiger partial charge in [-0.15, -0.1) is 0 Å². The Balaban J connectivity index is 3.41. The fourth-order valence-corrected chi connectivity index (χ4v) is 2.39. The summed E-state index contributed by atoms with van der Waals surface area (Å²) in [4.78, 5) is 11.0. The molecular weight excluding hydrogens is 335 g/mol. The fraction of sp³-hybridized carbons (Fsp3) is 0.200. The lowest BCUT2D eigenvalue weighted by Gasteiger charge is -2.11. The van der Waals surface area contributed by atoms with Crippen molar-refractivity contribution in [2.45, 2.75) is 10.4 Å². The van der Waals surface area contributed by atoms with Crippen LogP contribution in [0.5, 0.6) is 0 Å². The second kappa shape index (κ2) is 5.63. The molecule has 3 nitrogen and oxygen atoms in total. The average Bonchev–Trinajstić information content (AvgIpc) is 2.29. The number of esters is 1.